The second-order valence-corrected chi connectivity index (χ2v) is 11.3. The van der Waals surface area contributed by atoms with Gasteiger partial charge < -0.3 is 24.8 Å². The molecule has 2 heterocycles. The van der Waals surface area contributed by atoms with Gasteiger partial charge >= 0.3 is 6.03 Å². The number of benzene rings is 3. The summed E-state index contributed by atoms with van der Waals surface area (Å²) < 4.78 is 16.8. The van der Waals surface area contributed by atoms with E-state index in [-0.39, 0.29) is 17.5 Å². The van der Waals surface area contributed by atoms with Gasteiger partial charge in [0, 0.05) is 37.4 Å². The number of carbonyl (C=O) groups is 1. The van der Waals surface area contributed by atoms with Crippen LogP contribution in [0.1, 0.15) is 38.3 Å². The van der Waals surface area contributed by atoms with Crippen LogP contribution in [0.25, 0.3) is 10.9 Å². The molecular formula is C32H37N5O4. The first-order valence-electron chi connectivity index (χ1n) is 13.8. The molecule has 0 saturated carbocycles. The average Bonchev–Trinajstić information content (AvgIpc) is 3.39. The molecule has 5 rings (SSSR count). The molecule has 214 valence electrons. The first kappa shape index (κ1) is 28.2. The number of amides is 2. The third-order valence-corrected chi connectivity index (χ3v) is 7.26. The standard InChI is InChI=1S/C32H37N5O4/c1-32(2,3)22-8-6-21(7-9-22)18-37-15-14-24(19-37)36-31(38)35-23-10-12-25(13-11-23)41-30-26-16-28(39-4)29(40-5)17-27(26)33-20-34-30/h6-13,16-17,20,24H,14-15,18-19H2,1-5H3,(H2,35,36,38). The minimum atomic E-state index is -0.220. The monoisotopic (exact) mass is 555 g/mol. The van der Waals surface area contributed by atoms with Crippen molar-refractivity contribution < 1.29 is 19.0 Å². The Bertz CT molecular complexity index is 1500. The Labute approximate surface area is 240 Å². The van der Waals surface area contributed by atoms with Crippen molar-refractivity contribution in [2.45, 2.75) is 45.2 Å². The summed E-state index contributed by atoms with van der Waals surface area (Å²) in [6.07, 6.45) is 2.36. The SMILES string of the molecule is COc1cc2ncnc(Oc3ccc(NC(=O)NC4CCN(Cc5ccc(C(C)(C)C)cc5)C4)cc3)c2cc1OC. The number of ether oxygens (including phenoxy) is 3. The van der Waals surface area contributed by atoms with Crippen LogP contribution in [0.2, 0.25) is 0 Å². The van der Waals surface area contributed by atoms with Crippen LogP contribution in [0.15, 0.2) is 67.0 Å². The van der Waals surface area contributed by atoms with E-state index in [2.05, 4.69) is 70.5 Å². The van der Waals surface area contributed by atoms with Crippen LogP contribution >= 0.6 is 0 Å². The van der Waals surface area contributed by atoms with Crippen LogP contribution in [0.5, 0.6) is 23.1 Å². The second kappa shape index (κ2) is 12.0. The highest BCUT2D eigenvalue weighted by Gasteiger charge is 2.24. The molecule has 1 aromatic heterocycles. The van der Waals surface area contributed by atoms with Gasteiger partial charge in [0.2, 0.25) is 5.88 Å². The second-order valence-electron chi connectivity index (χ2n) is 11.3. The Balaban J connectivity index is 1.13. The summed E-state index contributed by atoms with van der Waals surface area (Å²) in [7, 11) is 3.15. The minimum Gasteiger partial charge on any atom is -0.493 e. The zero-order valence-corrected chi connectivity index (χ0v) is 24.2. The molecule has 1 aliphatic rings. The van der Waals surface area contributed by atoms with E-state index in [1.54, 1.807) is 50.6 Å². The smallest absolute Gasteiger partial charge is 0.319 e. The van der Waals surface area contributed by atoms with E-state index in [1.807, 2.05) is 0 Å². The maximum absolute atomic E-state index is 12.7. The molecule has 41 heavy (non-hydrogen) atoms. The lowest BCUT2D eigenvalue weighted by Crippen LogP contribution is -2.39. The van der Waals surface area contributed by atoms with Gasteiger partial charge in [-0.05, 0) is 53.3 Å². The van der Waals surface area contributed by atoms with Crippen molar-refractivity contribution in [2.24, 2.45) is 0 Å². The highest BCUT2D eigenvalue weighted by atomic mass is 16.5. The third-order valence-electron chi connectivity index (χ3n) is 7.26. The Morgan fingerprint density at radius 2 is 1.68 bits per heavy atom. The van der Waals surface area contributed by atoms with Gasteiger partial charge in [-0.3, -0.25) is 4.90 Å². The zero-order valence-electron chi connectivity index (χ0n) is 24.2. The molecule has 0 radical (unpaired) electrons. The fourth-order valence-corrected chi connectivity index (χ4v) is 4.97. The van der Waals surface area contributed by atoms with Crippen molar-refractivity contribution in [3.8, 4) is 23.1 Å². The molecule has 2 N–H and O–H groups in total. The fraction of sp³-hybridized carbons (Fsp3) is 0.344. The number of hydrogen-bond donors (Lipinski definition) is 2. The van der Waals surface area contributed by atoms with Crippen LogP contribution in [-0.2, 0) is 12.0 Å². The van der Waals surface area contributed by atoms with Crippen LogP contribution in [-0.4, -0.2) is 54.2 Å². The van der Waals surface area contributed by atoms with E-state index in [0.29, 0.717) is 39.7 Å². The molecule has 1 unspecified atom stereocenters. The van der Waals surface area contributed by atoms with Crippen molar-refractivity contribution in [3.63, 3.8) is 0 Å². The first-order valence-corrected chi connectivity index (χ1v) is 13.8. The third kappa shape index (κ3) is 6.86. The van der Waals surface area contributed by atoms with Crippen LogP contribution in [0, 0.1) is 0 Å². The van der Waals surface area contributed by atoms with Gasteiger partial charge in [0.05, 0.1) is 25.1 Å². The Morgan fingerprint density at radius 1 is 0.976 bits per heavy atom. The van der Waals surface area contributed by atoms with E-state index >= 15 is 0 Å². The molecule has 9 heteroatoms. The number of likely N-dealkylation sites (tertiary alicyclic amines) is 1. The van der Waals surface area contributed by atoms with Gasteiger partial charge in [0.1, 0.15) is 12.1 Å². The highest BCUT2D eigenvalue weighted by molar-refractivity contribution is 5.89. The Kier molecular flexibility index (Phi) is 8.26. The van der Waals surface area contributed by atoms with Gasteiger partial charge in [0.25, 0.3) is 0 Å². The van der Waals surface area contributed by atoms with E-state index in [9.17, 15) is 4.79 Å². The molecule has 1 saturated heterocycles. The predicted octanol–water partition coefficient (Wildman–Crippen LogP) is 6.13. The van der Waals surface area contributed by atoms with Crippen molar-refractivity contribution in [3.05, 3.63) is 78.1 Å². The van der Waals surface area contributed by atoms with Gasteiger partial charge in [-0.2, -0.15) is 0 Å². The minimum absolute atomic E-state index is 0.105. The molecule has 0 bridgehead atoms. The molecule has 3 aromatic carbocycles. The number of aromatic nitrogens is 2. The number of hydrogen-bond acceptors (Lipinski definition) is 7. The molecule has 1 atom stereocenters. The van der Waals surface area contributed by atoms with E-state index in [4.69, 9.17) is 14.2 Å². The van der Waals surface area contributed by atoms with Gasteiger partial charge in [-0.1, -0.05) is 45.0 Å². The van der Waals surface area contributed by atoms with Gasteiger partial charge in [0.15, 0.2) is 11.5 Å². The average molecular weight is 556 g/mol. The number of fused-ring (bicyclic) bond motifs is 1. The van der Waals surface area contributed by atoms with Crippen molar-refractivity contribution >= 4 is 22.6 Å². The number of urea groups is 1. The number of rotatable bonds is 8. The van der Waals surface area contributed by atoms with Crippen molar-refractivity contribution in [1.82, 2.24) is 20.2 Å². The molecule has 0 spiro atoms. The predicted molar refractivity (Wildman–Crippen MR) is 160 cm³/mol. The van der Waals surface area contributed by atoms with Gasteiger partial charge in [-0.25, -0.2) is 14.8 Å². The summed E-state index contributed by atoms with van der Waals surface area (Å²) in [5, 5.41) is 6.72. The largest absolute Gasteiger partial charge is 0.493 e. The lowest BCUT2D eigenvalue weighted by atomic mass is 9.87. The van der Waals surface area contributed by atoms with Crippen LogP contribution in [0.3, 0.4) is 0 Å². The lowest BCUT2D eigenvalue weighted by Gasteiger charge is -2.20. The Morgan fingerprint density at radius 3 is 2.37 bits per heavy atom. The maximum Gasteiger partial charge on any atom is 0.319 e. The summed E-state index contributed by atoms with van der Waals surface area (Å²) >= 11 is 0. The van der Waals surface area contributed by atoms with Crippen molar-refractivity contribution in [2.75, 3.05) is 32.6 Å². The number of nitrogens with zero attached hydrogens (tertiary/aromatic N) is 3. The number of carbonyl (C=O) groups excluding carboxylic acids is 1. The molecule has 0 aliphatic carbocycles. The topological polar surface area (TPSA) is 97.8 Å². The molecular weight excluding hydrogens is 518 g/mol. The molecule has 4 aromatic rings. The lowest BCUT2D eigenvalue weighted by molar-refractivity contribution is 0.247. The molecule has 1 aliphatic heterocycles. The first-order chi connectivity index (χ1) is 19.7. The summed E-state index contributed by atoms with van der Waals surface area (Å²) in [5.74, 6) is 2.11. The maximum atomic E-state index is 12.7. The molecule has 9 nitrogen and oxygen atoms in total. The summed E-state index contributed by atoms with van der Waals surface area (Å²) in [6.45, 7) is 9.34. The van der Waals surface area contributed by atoms with Gasteiger partial charge in [-0.15, -0.1) is 0 Å². The number of methoxy groups -OCH3 is 2. The van der Waals surface area contributed by atoms with E-state index < -0.39 is 0 Å². The van der Waals surface area contributed by atoms with Crippen LogP contribution in [0.4, 0.5) is 10.5 Å². The summed E-state index contributed by atoms with van der Waals surface area (Å²) in [6, 6.07) is 19.5. The zero-order chi connectivity index (χ0) is 29.0. The molecule has 2 amide bonds. The number of nitrogens with one attached hydrogen (secondary N) is 2. The normalized spacial score (nSPS) is 15.5. The summed E-state index contributed by atoms with van der Waals surface area (Å²) in [5.41, 5.74) is 4.12. The fourth-order valence-electron chi connectivity index (χ4n) is 4.97. The summed E-state index contributed by atoms with van der Waals surface area (Å²) in [4.78, 5) is 23.7. The van der Waals surface area contributed by atoms with E-state index in [0.717, 1.165) is 26.1 Å². The Hall–Kier alpha value is -4.37. The van der Waals surface area contributed by atoms with Crippen LogP contribution < -0.4 is 24.8 Å². The van der Waals surface area contributed by atoms with E-state index in [1.165, 1.54) is 17.5 Å². The molecule has 1 fully saturated rings. The quantitative estimate of drug-likeness (QED) is 0.270. The van der Waals surface area contributed by atoms with Crippen molar-refractivity contribution in [1.29, 1.82) is 0 Å². The number of anilines is 1. The highest BCUT2D eigenvalue weighted by Crippen LogP contribution is 2.36.